The van der Waals surface area contributed by atoms with E-state index in [2.05, 4.69) is 22.1 Å². The molecule has 2 aromatic rings. The number of hydrogen-bond acceptors (Lipinski definition) is 6. The molecular formula is C21H26N4O3S. The summed E-state index contributed by atoms with van der Waals surface area (Å²) in [6, 6.07) is 2.20. The molecule has 6 heterocycles. The monoisotopic (exact) mass is 414 g/mol. The van der Waals surface area contributed by atoms with Crippen molar-refractivity contribution in [1.82, 2.24) is 20.1 Å². The zero-order valence-electron chi connectivity index (χ0n) is 16.6. The number of carbonyl (C=O) groups is 2. The minimum atomic E-state index is -0.175. The maximum absolute atomic E-state index is 13.0. The number of amides is 2. The van der Waals surface area contributed by atoms with Crippen molar-refractivity contribution in [3.05, 3.63) is 29.8 Å². The standard InChI is InChI=1S/C21H26N4O3S/c1-13-19(14-2-4-24(13)5-3-14)23-20(26)17-10-15-16(12-28-18(15)11-22-17)21(27)25-6-8-29-9-7-25/h10-14,19H,2-9H2,1H3,(H,23,26). The number of furan rings is 1. The lowest BCUT2D eigenvalue weighted by molar-refractivity contribution is 0.0216. The first-order valence-electron chi connectivity index (χ1n) is 10.4. The summed E-state index contributed by atoms with van der Waals surface area (Å²) in [4.78, 5) is 34.5. The highest BCUT2D eigenvalue weighted by molar-refractivity contribution is 7.99. The van der Waals surface area contributed by atoms with Gasteiger partial charge in [-0.3, -0.25) is 14.5 Å². The molecule has 0 aliphatic carbocycles. The Morgan fingerprint density at radius 3 is 2.69 bits per heavy atom. The first-order chi connectivity index (χ1) is 14.1. The molecule has 154 valence electrons. The van der Waals surface area contributed by atoms with Crippen molar-refractivity contribution in [3.8, 4) is 0 Å². The average Bonchev–Trinajstić information content (AvgIpc) is 3.20. The Morgan fingerprint density at radius 1 is 1.21 bits per heavy atom. The van der Waals surface area contributed by atoms with Gasteiger partial charge in [-0.1, -0.05) is 0 Å². The second kappa shape index (κ2) is 7.65. The van der Waals surface area contributed by atoms with E-state index < -0.39 is 0 Å². The summed E-state index contributed by atoms with van der Waals surface area (Å²) in [6.07, 6.45) is 5.31. The predicted molar refractivity (Wildman–Crippen MR) is 112 cm³/mol. The van der Waals surface area contributed by atoms with Gasteiger partial charge in [-0.25, -0.2) is 4.98 Å². The highest BCUT2D eigenvalue weighted by Gasteiger charge is 2.40. The molecule has 1 N–H and O–H groups in total. The molecule has 2 unspecified atom stereocenters. The lowest BCUT2D eigenvalue weighted by Gasteiger charge is -2.49. The second-order valence-electron chi connectivity index (χ2n) is 8.23. The molecule has 0 spiro atoms. The van der Waals surface area contributed by atoms with E-state index in [1.54, 1.807) is 12.3 Å². The summed E-state index contributed by atoms with van der Waals surface area (Å²) in [5, 5.41) is 3.88. The van der Waals surface area contributed by atoms with Gasteiger partial charge in [0, 0.05) is 42.1 Å². The topological polar surface area (TPSA) is 78.7 Å². The third-order valence-corrected chi connectivity index (χ3v) is 7.64. The summed E-state index contributed by atoms with van der Waals surface area (Å²) in [7, 11) is 0. The van der Waals surface area contributed by atoms with Crippen molar-refractivity contribution in [1.29, 1.82) is 0 Å². The Balaban J connectivity index is 1.38. The molecule has 8 heteroatoms. The number of nitrogens with one attached hydrogen (secondary N) is 1. The highest BCUT2D eigenvalue weighted by atomic mass is 32.2. The van der Waals surface area contributed by atoms with Crippen LogP contribution in [0.2, 0.25) is 0 Å². The zero-order valence-corrected chi connectivity index (χ0v) is 17.4. The van der Waals surface area contributed by atoms with Gasteiger partial charge in [-0.05, 0) is 44.8 Å². The van der Waals surface area contributed by atoms with Crippen molar-refractivity contribution in [2.75, 3.05) is 37.7 Å². The van der Waals surface area contributed by atoms with Crippen LogP contribution in [-0.2, 0) is 0 Å². The smallest absolute Gasteiger partial charge is 0.270 e. The molecule has 4 saturated heterocycles. The largest absolute Gasteiger partial charge is 0.462 e. The molecule has 0 saturated carbocycles. The van der Waals surface area contributed by atoms with E-state index in [1.807, 2.05) is 16.7 Å². The van der Waals surface area contributed by atoms with E-state index in [0.29, 0.717) is 34.2 Å². The van der Waals surface area contributed by atoms with Crippen LogP contribution in [0, 0.1) is 5.92 Å². The molecule has 29 heavy (non-hydrogen) atoms. The molecule has 2 bridgehead atoms. The molecular weight excluding hydrogens is 388 g/mol. The van der Waals surface area contributed by atoms with Crippen molar-refractivity contribution in [3.63, 3.8) is 0 Å². The van der Waals surface area contributed by atoms with Crippen LogP contribution in [0.25, 0.3) is 11.0 Å². The number of rotatable bonds is 3. The molecule has 7 nitrogen and oxygen atoms in total. The summed E-state index contributed by atoms with van der Waals surface area (Å²) >= 11 is 1.86. The van der Waals surface area contributed by atoms with Gasteiger partial charge in [0.1, 0.15) is 12.0 Å². The van der Waals surface area contributed by atoms with E-state index in [0.717, 1.165) is 50.5 Å². The number of thioether (sulfide) groups is 1. The Hall–Kier alpha value is -2.06. The number of aromatic nitrogens is 1. The Labute approximate surface area is 174 Å². The Bertz CT molecular complexity index is 929. The van der Waals surface area contributed by atoms with E-state index in [-0.39, 0.29) is 17.9 Å². The summed E-state index contributed by atoms with van der Waals surface area (Å²) < 4.78 is 5.55. The molecule has 2 amide bonds. The third kappa shape index (κ3) is 3.42. The van der Waals surface area contributed by atoms with Crippen LogP contribution >= 0.6 is 11.8 Å². The Kier molecular flexibility index (Phi) is 4.99. The highest BCUT2D eigenvalue weighted by Crippen LogP contribution is 2.32. The average molecular weight is 415 g/mol. The van der Waals surface area contributed by atoms with Crippen molar-refractivity contribution in [2.24, 2.45) is 5.92 Å². The van der Waals surface area contributed by atoms with E-state index in [9.17, 15) is 9.59 Å². The minimum absolute atomic E-state index is 0.0346. The molecule has 0 aromatic carbocycles. The maximum atomic E-state index is 13.0. The molecule has 4 aliphatic heterocycles. The van der Waals surface area contributed by atoms with Gasteiger partial charge in [-0.15, -0.1) is 0 Å². The zero-order chi connectivity index (χ0) is 20.0. The van der Waals surface area contributed by atoms with Crippen molar-refractivity contribution >= 4 is 34.5 Å². The Morgan fingerprint density at radius 2 is 1.97 bits per heavy atom. The van der Waals surface area contributed by atoms with E-state index in [1.165, 1.54) is 6.26 Å². The number of pyridine rings is 1. The number of carbonyl (C=O) groups excluding carboxylic acids is 2. The second-order valence-corrected chi connectivity index (χ2v) is 9.46. The first-order valence-corrected chi connectivity index (χ1v) is 11.6. The van der Waals surface area contributed by atoms with Gasteiger partial charge >= 0.3 is 0 Å². The summed E-state index contributed by atoms with van der Waals surface area (Å²) in [6.45, 7) is 5.92. The van der Waals surface area contributed by atoms with Gasteiger partial charge in [0.15, 0.2) is 5.58 Å². The van der Waals surface area contributed by atoms with Gasteiger partial charge in [0.25, 0.3) is 11.8 Å². The van der Waals surface area contributed by atoms with E-state index >= 15 is 0 Å². The van der Waals surface area contributed by atoms with Gasteiger partial charge < -0.3 is 14.6 Å². The van der Waals surface area contributed by atoms with Gasteiger partial charge in [-0.2, -0.15) is 11.8 Å². The fraction of sp³-hybridized carbons (Fsp3) is 0.571. The first kappa shape index (κ1) is 18.9. The van der Waals surface area contributed by atoms with Crippen LogP contribution in [0.15, 0.2) is 22.9 Å². The third-order valence-electron chi connectivity index (χ3n) is 6.70. The molecule has 4 aliphatic rings. The van der Waals surface area contributed by atoms with Crippen LogP contribution in [0.4, 0.5) is 0 Å². The number of nitrogens with zero attached hydrogens (tertiary/aromatic N) is 3. The van der Waals surface area contributed by atoms with Gasteiger partial charge in [0.05, 0.1) is 11.8 Å². The minimum Gasteiger partial charge on any atom is -0.462 e. The van der Waals surface area contributed by atoms with Crippen LogP contribution in [-0.4, -0.2) is 76.4 Å². The van der Waals surface area contributed by atoms with Crippen LogP contribution in [0.1, 0.15) is 40.6 Å². The normalized spacial score (nSPS) is 29.2. The quantitative estimate of drug-likeness (QED) is 0.830. The predicted octanol–water partition coefficient (Wildman–Crippen LogP) is 2.23. The SMILES string of the molecule is CC1C(NC(=O)c2cc3c(C(=O)N4CCSCC4)coc3cn2)C2CCN1CC2. The summed E-state index contributed by atoms with van der Waals surface area (Å²) in [5.74, 6) is 2.23. The molecule has 0 radical (unpaired) electrons. The molecule has 4 fully saturated rings. The number of fused-ring (bicyclic) bond motifs is 4. The van der Waals surface area contributed by atoms with Crippen molar-refractivity contribution in [2.45, 2.75) is 31.8 Å². The summed E-state index contributed by atoms with van der Waals surface area (Å²) in [5.41, 5.74) is 1.39. The van der Waals surface area contributed by atoms with Crippen LogP contribution < -0.4 is 5.32 Å². The lowest BCUT2D eigenvalue weighted by Crippen LogP contribution is -2.62. The number of piperidine rings is 3. The van der Waals surface area contributed by atoms with E-state index in [4.69, 9.17) is 4.42 Å². The van der Waals surface area contributed by atoms with Crippen molar-refractivity contribution < 1.29 is 14.0 Å². The molecule has 6 rings (SSSR count). The molecule has 2 atom stereocenters. The fourth-order valence-corrected chi connectivity index (χ4v) is 5.83. The van der Waals surface area contributed by atoms with Crippen LogP contribution in [0.5, 0.6) is 0 Å². The maximum Gasteiger partial charge on any atom is 0.270 e. The van der Waals surface area contributed by atoms with Gasteiger partial charge in [0.2, 0.25) is 0 Å². The lowest BCUT2D eigenvalue weighted by atomic mass is 9.79. The molecule has 2 aromatic heterocycles. The fourth-order valence-electron chi connectivity index (χ4n) is 4.93. The van der Waals surface area contributed by atoms with Crippen LogP contribution in [0.3, 0.4) is 0 Å². The number of hydrogen-bond donors (Lipinski definition) is 1.